The average molecular weight is 251 g/mol. The molecule has 1 N–H and O–H groups in total. The Morgan fingerprint density at radius 2 is 2.44 bits per heavy atom. The van der Waals surface area contributed by atoms with Gasteiger partial charge < -0.3 is 10.1 Å². The minimum absolute atomic E-state index is 0.0586. The van der Waals surface area contributed by atoms with Crippen molar-refractivity contribution in [1.29, 1.82) is 0 Å². The Morgan fingerprint density at radius 1 is 1.67 bits per heavy atom. The van der Waals surface area contributed by atoms with Gasteiger partial charge in [0.05, 0.1) is 11.5 Å². The zero-order valence-corrected chi connectivity index (χ0v) is 10.5. The lowest BCUT2D eigenvalue weighted by Gasteiger charge is -2.19. The molecule has 2 atom stereocenters. The van der Waals surface area contributed by atoms with Crippen LogP contribution in [-0.2, 0) is 4.74 Å². The monoisotopic (exact) mass is 251 g/mol. The molecule has 0 amide bonds. The first-order valence-electron chi connectivity index (χ1n) is 6.04. The van der Waals surface area contributed by atoms with Crippen LogP contribution in [0.15, 0.2) is 12.3 Å². The van der Waals surface area contributed by atoms with Gasteiger partial charge in [-0.15, -0.1) is 0 Å². The number of pyridine rings is 1. The van der Waals surface area contributed by atoms with Gasteiger partial charge in [0.2, 0.25) is 5.82 Å². The first-order valence-corrected chi connectivity index (χ1v) is 6.04. The maximum atomic E-state index is 11.0. The maximum absolute atomic E-state index is 11.0. The molecule has 1 fully saturated rings. The van der Waals surface area contributed by atoms with Crippen LogP contribution in [-0.4, -0.2) is 29.2 Å². The van der Waals surface area contributed by atoms with Crippen LogP contribution in [0.25, 0.3) is 0 Å². The van der Waals surface area contributed by atoms with Crippen molar-refractivity contribution in [3.63, 3.8) is 0 Å². The van der Waals surface area contributed by atoms with Gasteiger partial charge in [0.25, 0.3) is 0 Å². The largest absolute Gasteiger partial charge is 0.381 e. The Balaban J connectivity index is 2.17. The molecule has 0 saturated carbocycles. The number of ether oxygens (including phenoxy) is 1. The van der Waals surface area contributed by atoms with Crippen LogP contribution in [0.1, 0.15) is 18.9 Å². The van der Waals surface area contributed by atoms with Crippen LogP contribution in [0.4, 0.5) is 11.5 Å². The highest BCUT2D eigenvalue weighted by molar-refractivity contribution is 5.60. The number of aromatic nitrogens is 1. The van der Waals surface area contributed by atoms with Crippen molar-refractivity contribution in [3.8, 4) is 0 Å². The summed E-state index contributed by atoms with van der Waals surface area (Å²) in [7, 11) is 0. The second-order valence-corrected chi connectivity index (χ2v) is 4.64. The SMILES string of the molecule is Cc1ccnc(NC(C)C2CCOC2)c1[N+](=O)[O-]. The van der Waals surface area contributed by atoms with Crippen LogP contribution < -0.4 is 5.32 Å². The molecule has 0 aromatic carbocycles. The summed E-state index contributed by atoms with van der Waals surface area (Å²) in [6.07, 6.45) is 2.57. The molecule has 2 rings (SSSR count). The van der Waals surface area contributed by atoms with Crippen LogP contribution in [0.2, 0.25) is 0 Å². The van der Waals surface area contributed by atoms with Crippen molar-refractivity contribution in [2.75, 3.05) is 18.5 Å². The molecule has 98 valence electrons. The van der Waals surface area contributed by atoms with Crippen LogP contribution >= 0.6 is 0 Å². The van der Waals surface area contributed by atoms with E-state index in [1.807, 2.05) is 6.92 Å². The van der Waals surface area contributed by atoms with Crippen molar-refractivity contribution >= 4 is 11.5 Å². The molecule has 1 aromatic rings. The number of nitro groups is 1. The Bertz CT molecular complexity index is 444. The molecule has 1 aliphatic rings. The predicted octanol–water partition coefficient (Wildman–Crippen LogP) is 2.14. The highest BCUT2D eigenvalue weighted by atomic mass is 16.6. The van der Waals surface area contributed by atoms with E-state index in [0.717, 1.165) is 13.0 Å². The second-order valence-electron chi connectivity index (χ2n) is 4.64. The zero-order chi connectivity index (χ0) is 13.1. The minimum atomic E-state index is -0.386. The van der Waals surface area contributed by atoms with Gasteiger partial charge in [-0.05, 0) is 26.3 Å². The Hall–Kier alpha value is -1.69. The summed E-state index contributed by atoms with van der Waals surface area (Å²) >= 11 is 0. The van der Waals surface area contributed by atoms with E-state index in [1.165, 1.54) is 0 Å². The van der Waals surface area contributed by atoms with Crippen LogP contribution in [0.5, 0.6) is 0 Å². The van der Waals surface area contributed by atoms with Gasteiger partial charge in [-0.1, -0.05) is 0 Å². The smallest absolute Gasteiger partial charge is 0.314 e. The quantitative estimate of drug-likeness (QED) is 0.655. The summed E-state index contributed by atoms with van der Waals surface area (Å²) in [6.45, 7) is 5.19. The molecule has 1 saturated heterocycles. The lowest BCUT2D eigenvalue weighted by Crippen LogP contribution is -2.27. The molecule has 6 heteroatoms. The second kappa shape index (κ2) is 5.30. The molecule has 0 radical (unpaired) electrons. The first kappa shape index (κ1) is 12.8. The summed E-state index contributed by atoms with van der Waals surface area (Å²) in [5.41, 5.74) is 0.677. The third-order valence-corrected chi connectivity index (χ3v) is 3.34. The Morgan fingerprint density at radius 3 is 3.06 bits per heavy atom. The molecule has 2 unspecified atom stereocenters. The number of aryl methyl sites for hydroxylation is 1. The van der Waals surface area contributed by atoms with Crippen LogP contribution in [0, 0.1) is 23.0 Å². The van der Waals surface area contributed by atoms with E-state index >= 15 is 0 Å². The highest BCUT2D eigenvalue weighted by Gasteiger charge is 2.26. The van der Waals surface area contributed by atoms with E-state index in [1.54, 1.807) is 19.2 Å². The van der Waals surface area contributed by atoms with Crippen molar-refractivity contribution in [3.05, 3.63) is 27.9 Å². The van der Waals surface area contributed by atoms with Crippen molar-refractivity contribution in [1.82, 2.24) is 4.98 Å². The first-order chi connectivity index (χ1) is 8.59. The Kier molecular flexibility index (Phi) is 3.76. The maximum Gasteiger partial charge on any atom is 0.314 e. The number of nitrogens with zero attached hydrogens (tertiary/aromatic N) is 2. The van der Waals surface area contributed by atoms with Gasteiger partial charge in [0.15, 0.2) is 0 Å². The highest BCUT2D eigenvalue weighted by Crippen LogP contribution is 2.28. The fourth-order valence-electron chi connectivity index (χ4n) is 2.17. The zero-order valence-electron chi connectivity index (χ0n) is 10.5. The molecule has 2 heterocycles. The van der Waals surface area contributed by atoms with Gasteiger partial charge in [0.1, 0.15) is 0 Å². The summed E-state index contributed by atoms with van der Waals surface area (Å²) < 4.78 is 5.32. The third-order valence-electron chi connectivity index (χ3n) is 3.34. The molecular weight excluding hydrogens is 234 g/mol. The molecule has 18 heavy (non-hydrogen) atoms. The molecular formula is C12H17N3O3. The van der Waals surface area contributed by atoms with Crippen molar-refractivity contribution in [2.24, 2.45) is 5.92 Å². The fraction of sp³-hybridized carbons (Fsp3) is 0.583. The van der Waals surface area contributed by atoms with Gasteiger partial charge in [-0.25, -0.2) is 4.98 Å². The van der Waals surface area contributed by atoms with E-state index < -0.39 is 0 Å². The molecule has 1 aliphatic heterocycles. The van der Waals surface area contributed by atoms with Gasteiger partial charge in [-0.2, -0.15) is 0 Å². The molecule has 0 spiro atoms. The lowest BCUT2D eigenvalue weighted by molar-refractivity contribution is -0.384. The lowest BCUT2D eigenvalue weighted by atomic mass is 10.0. The molecule has 0 bridgehead atoms. The molecule has 1 aromatic heterocycles. The summed E-state index contributed by atoms with van der Waals surface area (Å²) in [5.74, 6) is 0.728. The van der Waals surface area contributed by atoms with Crippen LogP contribution in [0.3, 0.4) is 0 Å². The van der Waals surface area contributed by atoms with E-state index in [9.17, 15) is 10.1 Å². The van der Waals surface area contributed by atoms with Gasteiger partial charge >= 0.3 is 5.69 Å². The summed E-state index contributed by atoms with van der Waals surface area (Å²) in [4.78, 5) is 14.7. The van der Waals surface area contributed by atoms with E-state index in [-0.39, 0.29) is 16.7 Å². The molecule has 6 nitrogen and oxygen atoms in total. The number of nitrogens with one attached hydrogen (secondary N) is 1. The third kappa shape index (κ3) is 2.59. The average Bonchev–Trinajstić information content (AvgIpc) is 2.81. The minimum Gasteiger partial charge on any atom is -0.381 e. The van der Waals surface area contributed by atoms with Crippen molar-refractivity contribution in [2.45, 2.75) is 26.3 Å². The summed E-state index contributed by atoms with van der Waals surface area (Å²) in [5, 5.41) is 14.2. The number of rotatable bonds is 4. The van der Waals surface area contributed by atoms with E-state index in [0.29, 0.717) is 23.9 Å². The van der Waals surface area contributed by atoms with Gasteiger partial charge in [-0.3, -0.25) is 10.1 Å². The number of hydrogen-bond acceptors (Lipinski definition) is 5. The van der Waals surface area contributed by atoms with Crippen molar-refractivity contribution < 1.29 is 9.66 Å². The fourth-order valence-corrected chi connectivity index (χ4v) is 2.17. The normalized spacial score (nSPS) is 20.7. The van der Waals surface area contributed by atoms with E-state index in [4.69, 9.17) is 4.74 Å². The topological polar surface area (TPSA) is 77.3 Å². The summed E-state index contributed by atoms with van der Waals surface area (Å²) in [6, 6.07) is 1.76. The predicted molar refractivity (Wildman–Crippen MR) is 67.6 cm³/mol. The van der Waals surface area contributed by atoms with E-state index in [2.05, 4.69) is 10.3 Å². The van der Waals surface area contributed by atoms with Gasteiger partial charge in [0, 0.05) is 30.3 Å². The standard InChI is InChI=1S/C12H17N3O3/c1-8-3-5-13-12(11(8)15(16)17)14-9(2)10-4-6-18-7-10/h3,5,9-10H,4,6-7H2,1-2H3,(H,13,14). The number of hydrogen-bond donors (Lipinski definition) is 1. The Labute approximate surface area is 106 Å². The number of anilines is 1. The molecule has 0 aliphatic carbocycles.